The van der Waals surface area contributed by atoms with Gasteiger partial charge in [0.2, 0.25) is 5.91 Å². The lowest BCUT2D eigenvalue weighted by Gasteiger charge is -2.18. The Morgan fingerprint density at radius 3 is 2.45 bits per heavy atom. The third kappa shape index (κ3) is 3.71. The predicted molar refractivity (Wildman–Crippen MR) is 69.3 cm³/mol. The summed E-state index contributed by atoms with van der Waals surface area (Å²) in [5, 5.41) is 12.9. The van der Waals surface area contributed by atoms with Crippen molar-refractivity contribution in [1.29, 1.82) is 0 Å². The van der Waals surface area contributed by atoms with E-state index in [4.69, 9.17) is 10.8 Å². The number of alkyl halides is 3. The quantitative estimate of drug-likeness (QED) is 0.633. The van der Waals surface area contributed by atoms with Crippen LogP contribution in [0, 0.1) is 0 Å². The summed E-state index contributed by atoms with van der Waals surface area (Å²) < 4.78 is 40.8. The van der Waals surface area contributed by atoms with Gasteiger partial charge in [-0.1, -0.05) is 0 Å². The minimum atomic E-state index is -4.94. The molecule has 1 fully saturated rings. The molecule has 5 N–H and O–H groups in total. The number of halogens is 3. The molecule has 22 heavy (non-hydrogen) atoms. The van der Waals surface area contributed by atoms with E-state index in [1.165, 1.54) is 6.07 Å². The molecule has 10 heteroatoms. The monoisotopic (exact) mass is 319 g/mol. The number of carboxylic acid groups (broad SMARTS) is 1. The number of nitrogen functional groups attached to an aromatic ring is 1. The van der Waals surface area contributed by atoms with Crippen LogP contribution < -0.4 is 21.1 Å². The lowest BCUT2D eigenvalue weighted by molar-refractivity contribution is -0.274. The summed E-state index contributed by atoms with van der Waals surface area (Å²) in [6, 6.07) is 3.23. The van der Waals surface area contributed by atoms with E-state index in [-0.39, 0.29) is 24.2 Å². The number of ether oxygens (including phenoxy) is 1. The number of hydrogen-bond acceptors (Lipinski definition) is 4. The molecule has 1 aromatic rings. The van der Waals surface area contributed by atoms with Crippen LogP contribution in [0.4, 0.5) is 29.3 Å². The third-order valence-electron chi connectivity index (χ3n) is 3.01. The van der Waals surface area contributed by atoms with Gasteiger partial charge in [-0.15, -0.1) is 13.2 Å². The highest BCUT2D eigenvalue weighted by atomic mass is 19.4. The number of carbonyl (C=O) groups excluding carboxylic acids is 1. The predicted octanol–water partition coefficient (Wildman–Crippen LogP) is 1.91. The number of hydrogen-bond donors (Lipinski definition) is 4. The smallest absolute Gasteiger partial charge is 0.465 e. The maximum atomic E-state index is 12.3. The normalized spacial score (nSPS) is 15.8. The number of nitrogens with two attached hydrogens (primary N) is 1. The van der Waals surface area contributed by atoms with Crippen LogP contribution in [-0.4, -0.2) is 29.0 Å². The fourth-order valence-electron chi connectivity index (χ4n) is 1.84. The minimum absolute atomic E-state index is 0.112. The van der Waals surface area contributed by atoms with Crippen molar-refractivity contribution in [1.82, 2.24) is 5.32 Å². The molecular weight excluding hydrogens is 307 g/mol. The number of carbonyl (C=O) groups is 2. The van der Waals surface area contributed by atoms with E-state index >= 15 is 0 Å². The highest BCUT2D eigenvalue weighted by Gasteiger charge is 2.51. The van der Waals surface area contributed by atoms with E-state index in [1.807, 2.05) is 5.32 Å². The van der Waals surface area contributed by atoms with Crippen molar-refractivity contribution < 1.29 is 32.6 Å². The molecule has 1 saturated carbocycles. The molecule has 1 aliphatic carbocycles. The molecule has 0 aliphatic heterocycles. The van der Waals surface area contributed by atoms with Gasteiger partial charge in [0.1, 0.15) is 5.54 Å². The Balaban J connectivity index is 2.20. The summed E-state index contributed by atoms with van der Waals surface area (Å²) in [6.07, 6.45) is -5.83. The summed E-state index contributed by atoms with van der Waals surface area (Å²) in [5.41, 5.74) is 3.97. The molecule has 1 aromatic carbocycles. The van der Waals surface area contributed by atoms with Crippen molar-refractivity contribution in [3.63, 3.8) is 0 Å². The van der Waals surface area contributed by atoms with Gasteiger partial charge in [-0.25, -0.2) is 4.79 Å². The Morgan fingerprint density at radius 1 is 1.32 bits per heavy atom. The zero-order valence-corrected chi connectivity index (χ0v) is 11.0. The van der Waals surface area contributed by atoms with Crippen molar-refractivity contribution in [2.45, 2.75) is 24.7 Å². The molecule has 120 valence electrons. The highest BCUT2D eigenvalue weighted by Crippen LogP contribution is 2.38. The lowest BCUT2D eigenvalue weighted by Crippen LogP contribution is -2.45. The molecule has 2 rings (SSSR count). The Labute approximate surface area is 122 Å². The molecular formula is C12H12F3N3O4. The molecule has 0 unspecified atom stereocenters. The molecule has 0 spiro atoms. The van der Waals surface area contributed by atoms with Crippen LogP contribution in [0.2, 0.25) is 0 Å². The third-order valence-corrected chi connectivity index (χ3v) is 3.01. The van der Waals surface area contributed by atoms with Crippen molar-refractivity contribution in [2.75, 3.05) is 11.1 Å². The second-order valence-electron chi connectivity index (χ2n) is 4.77. The summed E-state index contributed by atoms with van der Waals surface area (Å²) in [4.78, 5) is 22.7. The zero-order chi connectivity index (χ0) is 16.5. The van der Waals surface area contributed by atoms with Crippen LogP contribution in [-0.2, 0) is 4.79 Å². The van der Waals surface area contributed by atoms with E-state index in [9.17, 15) is 22.8 Å². The number of nitrogens with one attached hydrogen (secondary N) is 2. The average Bonchev–Trinajstić information content (AvgIpc) is 3.11. The second kappa shape index (κ2) is 5.28. The first kappa shape index (κ1) is 15.7. The van der Waals surface area contributed by atoms with Crippen molar-refractivity contribution in [3.8, 4) is 5.75 Å². The van der Waals surface area contributed by atoms with E-state index in [2.05, 4.69) is 10.1 Å². The van der Waals surface area contributed by atoms with E-state index in [0.717, 1.165) is 12.1 Å². The van der Waals surface area contributed by atoms with Crippen molar-refractivity contribution in [3.05, 3.63) is 18.2 Å². The van der Waals surface area contributed by atoms with Crippen LogP contribution in [0.5, 0.6) is 5.75 Å². The van der Waals surface area contributed by atoms with Gasteiger partial charge in [0, 0.05) is 5.69 Å². The van der Waals surface area contributed by atoms with Crippen LogP contribution in [0.3, 0.4) is 0 Å². The van der Waals surface area contributed by atoms with Gasteiger partial charge in [0.05, 0.1) is 5.69 Å². The molecule has 2 amide bonds. The van der Waals surface area contributed by atoms with Gasteiger partial charge in [0.25, 0.3) is 0 Å². The second-order valence-corrected chi connectivity index (χ2v) is 4.77. The number of anilines is 2. The van der Waals surface area contributed by atoms with E-state index in [1.54, 1.807) is 0 Å². The van der Waals surface area contributed by atoms with E-state index in [0.29, 0.717) is 0 Å². The minimum Gasteiger partial charge on any atom is -0.465 e. The Hall–Kier alpha value is -2.65. The van der Waals surface area contributed by atoms with Gasteiger partial charge in [-0.2, -0.15) is 0 Å². The lowest BCUT2D eigenvalue weighted by atomic mass is 10.2. The summed E-state index contributed by atoms with van der Waals surface area (Å²) in [6.45, 7) is 0. The molecule has 1 aliphatic rings. The molecule has 0 bridgehead atoms. The molecule has 0 atom stereocenters. The molecule has 0 aromatic heterocycles. The Morgan fingerprint density at radius 2 is 1.95 bits per heavy atom. The Bertz CT molecular complexity index is 614. The zero-order valence-electron chi connectivity index (χ0n) is 11.0. The maximum absolute atomic E-state index is 12.3. The number of benzene rings is 1. The standard InChI is InChI=1S/C12H12F3N3O4/c13-12(14,15)22-8-2-1-6(16)5-7(8)17-9(19)11(3-4-11)18-10(20)21/h1-2,5,18H,3-4,16H2,(H,17,19)(H,20,21). The number of amides is 2. The summed E-state index contributed by atoms with van der Waals surface area (Å²) in [5.74, 6) is -1.41. The molecule has 0 saturated heterocycles. The van der Waals surface area contributed by atoms with Crippen LogP contribution in [0.15, 0.2) is 18.2 Å². The van der Waals surface area contributed by atoms with Gasteiger partial charge >= 0.3 is 12.5 Å². The van der Waals surface area contributed by atoms with Gasteiger partial charge in [0.15, 0.2) is 5.75 Å². The van der Waals surface area contributed by atoms with Crippen LogP contribution in [0.1, 0.15) is 12.8 Å². The molecule has 0 heterocycles. The number of rotatable bonds is 4. The first-order valence-corrected chi connectivity index (χ1v) is 6.09. The van der Waals surface area contributed by atoms with Crippen molar-refractivity contribution in [2.24, 2.45) is 0 Å². The Kier molecular flexibility index (Phi) is 3.77. The van der Waals surface area contributed by atoms with Crippen LogP contribution in [0.25, 0.3) is 0 Å². The first-order valence-electron chi connectivity index (χ1n) is 6.09. The molecule has 0 radical (unpaired) electrons. The highest BCUT2D eigenvalue weighted by molar-refractivity contribution is 6.03. The van der Waals surface area contributed by atoms with Crippen molar-refractivity contribution >= 4 is 23.4 Å². The maximum Gasteiger partial charge on any atom is 0.573 e. The van der Waals surface area contributed by atoms with Gasteiger partial charge in [-0.3, -0.25) is 4.79 Å². The topological polar surface area (TPSA) is 114 Å². The van der Waals surface area contributed by atoms with E-state index < -0.39 is 29.7 Å². The fraction of sp³-hybridized carbons (Fsp3) is 0.333. The fourth-order valence-corrected chi connectivity index (χ4v) is 1.84. The first-order chi connectivity index (χ1) is 10.1. The summed E-state index contributed by atoms with van der Waals surface area (Å²) >= 11 is 0. The van der Waals surface area contributed by atoms with Gasteiger partial charge in [-0.05, 0) is 31.0 Å². The average molecular weight is 319 g/mol. The van der Waals surface area contributed by atoms with Gasteiger partial charge < -0.3 is 26.2 Å². The largest absolute Gasteiger partial charge is 0.573 e. The molecule has 7 nitrogen and oxygen atoms in total. The SMILES string of the molecule is Nc1ccc(OC(F)(F)F)c(NC(=O)C2(NC(=O)O)CC2)c1. The summed E-state index contributed by atoms with van der Waals surface area (Å²) in [7, 11) is 0. The van der Waals surface area contributed by atoms with Crippen LogP contribution >= 0.6 is 0 Å².